The molecule has 1 aliphatic rings. The first-order chi connectivity index (χ1) is 14.8. The molecule has 0 saturated heterocycles. The molecule has 3 rings (SSSR count). The SMILES string of the molecule is Cc1ccccc1OCC(=O)N(Cc1ccc(Cl)cc1Cl)C(C)C(=O)NC1CCCC1. The number of aryl methyl sites for hydroxylation is 1. The average molecular weight is 463 g/mol. The Morgan fingerprint density at radius 2 is 1.87 bits per heavy atom. The summed E-state index contributed by atoms with van der Waals surface area (Å²) in [5.74, 6) is 0.188. The number of benzene rings is 2. The monoisotopic (exact) mass is 462 g/mol. The van der Waals surface area contributed by atoms with Gasteiger partial charge in [-0.3, -0.25) is 9.59 Å². The zero-order valence-corrected chi connectivity index (χ0v) is 19.4. The van der Waals surface area contributed by atoms with Crippen molar-refractivity contribution in [3.63, 3.8) is 0 Å². The van der Waals surface area contributed by atoms with E-state index >= 15 is 0 Å². The minimum atomic E-state index is -0.666. The lowest BCUT2D eigenvalue weighted by Gasteiger charge is -2.30. The van der Waals surface area contributed by atoms with Gasteiger partial charge in [0.25, 0.3) is 5.91 Å². The van der Waals surface area contributed by atoms with Crippen LogP contribution in [0.4, 0.5) is 0 Å². The van der Waals surface area contributed by atoms with Crippen LogP contribution in [-0.4, -0.2) is 35.4 Å². The van der Waals surface area contributed by atoms with Crippen LogP contribution in [0, 0.1) is 6.92 Å². The fourth-order valence-electron chi connectivity index (χ4n) is 3.75. The Labute approximate surface area is 193 Å². The molecule has 1 atom stereocenters. The van der Waals surface area contributed by atoms with Crippen molar-refractivity contribution in [2.45, 2.75) is 58.2 Å². The van der Waals surface area contributed by atoms with E-state index in [1.807, 2.05) is 31.2 Å². The number of nitrogens with one attached hydrogen (secondary N) is 1. The Bertz CT molecular complexity index is 929. The third-order valence-electron chi connectivity index (χ3n) is 5.67. The van der Waals surface area contributed by atoms with Crippen molar-refractivity contribution >= 4 is 35.0 Å². The standard InChI is InChI=1S/C24H28Cl2N2O3/c1-16-7-3-6-10-22(16)31-15-23(29)28(14-18-11-12-19(25)13-21(18)26)17(2)24(30)27-20-8-4-5-9-20/h3,6-7,10-13,17,20H,4-5,8-9,14-15H2,1-2H3,(H,27,30). The van der Waals surface area contributed by atoms with Crippen molar-refractivity contribution in [2.24, 2.45) is 0 Å². The molecule has 1 fully saturated rings. The lowest BCUT2D eigenvalue weighted by Crippen LogP contribution is -2.50. The molecule has 31 heavy (non-hydrogen) atoms. The molecule has 1 N–H and O–H groups in total. The summed E-state index contributed by atoms with van der Waals surface area (Å²) >= 11 is 12.3. The first kappa shape index (κ1) is 23.4. The molecule has 166 valence electrons. The van der Waals surface area contributed by atoms with E-state index in [0.717, 1.165) is 36.8 Å². The highest BCUT2D eigenvalue weighted by Crippen LogP contribution is 2.24. The fourth-order valence-corrected chi connectivity index (χ4v) is 4.22. The van der Waals surface area contributed by atoms with Gasteiger partial charge < -0.3 is 15.0 Å². The predicted octanol–water partition coefficient (Wildman–Crippen LogP) is 5.16. The molecular formula is C24H28Cl2N2O3. The number of carbonyl (C=O) groups excluding carboxylic acids is 2. The van der Waals surface area contributed by atoms with E-state index in [0.29, 0.717) is 15.8 Å². The minimum Gasteiger partial charge on any atom is -0.484 e. The van der Waals surface area contributed by atoms with E-state index in [9.17, 15) is 9.59 Å². The molecule has 5 nitrogen and oxygen atoms in total. The first-order valence-corrected chi connectivity index (χ1v) is 11.3. The van der Waals surface area contributed by atoms with Gasteiger partial charge in [0, 0.05) is 22.6 Å². The summed E-state index contributed by atoms with van der Waals surface area (Å²) in [6.45, 7) is 3.67. The van der Waals surface area contributed by atoms with Crippen LogP contribution in [0.1, 0.15) is 43.7 Å². The normalized spacial score (nSPS) is 14.8. The van der Waals surface area contributed by atoms with Crippen LogP contribution in [0.25, 0.3) is 0 Å². The van der Waals surface area contributed by atoms with E-state index in [1.165, 1.54) is 4.90 Å². The largest absolute Gasteiger partial charge is 0.484 e. The molecule has 2 aromatic rings. The number of carbonyl (C=O) groups is 2. The molecule has 1 aliphatic carbocycles. The number of nitrogens with zero attached hydrogens (tertiary/aromatic N) is 1. The van der Waals surface area contributed by atoms with E-state index in [-0.39, 0.29) is 31.0 Å². The number of para-hydroxylation sites is 1. The minimum absolute atomic E-state index is 0.166. The van der Waals surface area contributed by atoms with Crippen LogP contribution in [0.2, 0.25) is 10.0 Å². The number of amides is 2. The van der Waals surface area contributed by atoms with Gasteiger partial charge in [0.2, 0.25) is 5.91 Å². The first-order valence-electron chi connectivity index (χ1n) is 10.6. The van der Waals surface area contributed by atoms with Crippen LogP contribution < -0.4 is 10.1 Å². The second-order valence-electron chi connectivity index (χ2n) is 7.98. The number of ether oxygens (including phenoxy) is 1. The maximum Gasteiger partial charge on any atom is 0.261 e. The van der Waals surface area contributed by atoms with Crippen molar-refractivity contribution < 1.29 is 14.3 Å². The van der Waals surface area contributed by atoms with Crippen molar-refractivity contribution in [1.29, 1.82) is 0 Å². The summed E-state index contributed by atoms with van der Waals surface area (Å²) in [5, 5.41) is 4.05. The Kier molecular flexibility index (Phi) is 8.22. The maximum atomic E-state index is 13.1. The van der Waals surface area contributed by atoms with E-state index in [1.54, 1.807) is 25.1 Å². The Morgan fingerprint density at radius 1 is 1.16 bits per heavy atom. The van der Waals surface area contributed by atoms with Crippen LogP contribution in [0.5, 0.6) is 5.75 Å². The van der Waals surface area contributed by atoms with Crippen LogP contribution >= 0.6 is 23.2 Å². The zero-order chi connectivity index (χ0) is 22.4. The molecule has 0 aromatic heterocycles. The molecule has 2 amide bonds. The van der Waals surface area contributed by atoms with Gasteiger partial charge in [-0.25, -0.2) is 0 Å². The molecule has 1 saturated carbocycles. The van der Waals surface area contributed by atoms with Gasteiger partial charge >= 0.3 is 0 Å². The van der Waals surface area contributed by atoms with Gasteiger partial charge in [-0.05, 0) is 56.0 Å². The van der Waals surface area contributed by atoms with Gasteiger partial charge in [-0.2, -0.15) is 0 Å². The lowest BCUT2D eigenvalue weighted by atomic mass is 10.1. The van der Waals surface area contributed by atoms with E-state index in [2.05, 4.69) is 5.32 Å². The van der Waals surface area contributed by atoms with E-state index < -0.39 is 6.04 Å². The average Bonchev–Trinajstić information content (AvgIpc) is 3.25. The maximum absolute atomic E-state index is 13.1. The highest BCUT2D eigenvalue weighted by molar-refractivity contribution is 6.35. The fraction of sp³-hybridized carbons (Fsp3) is 0.417. The molecule has 0 heterocycles. The van der Waals surface area contributed by atoms with Gasteiger partial charge in [-0.1, -0.05) is 60.3 Å². The summed E-state index contributed by atoms with van der Waals surface area (Å²) in [6, 6.07) is 12.1. The summed E-state index contributed by atoms with van der Waals surface area (Å²) in [7, 11) is 0. The molecule has 0 bridgehead atoms. The second kappa shape index (κ2) is 10.9. The third kappa shape index (κ3) is 6.37. The highest BCUT2D eigenvalue weighted by Gasteiger charge is 2.29. The Hall–Kier alpha value is -2.24. The van der Waals surface area contributed by atoms with Crippen molar-refractivity contribution in [3.05, 3.63) is 63.6 Å². The van der Waals surface area contributed by atoms with Crippen LogP contribution in [0.15, 0.2) is 42.5 Å². The number of hydrogen-bond acceptors (Lipinski definition) is 3. The summed E-state index contributed by atoms with van der Waals surface area (Å²) in [6.07, 6.45) is 4.19. The lowest BCUT2D eigenvalue weighted by molar-refractivity contribution is -0.142. The molecule has 0 aliphatic heterocycles. The van der Waals surface area contributed by atoms with Gasteiger partial charge in [-0.15, -0.1) is 0 Å². The third-order valence-corrected chi connectivity index (χ3v) is 6.26. The molecule has 2 aromatic carbocycles. The van der Waals surface area contributed by atoms with Crippen molar-refractivity contribution in [1.82, 2.24) is 10.2 Å². The van der Waals surface area contributed by atoms with Gasteiger partial charge in [0.05, 0.1) is 0 Å². The molecule has 0 radical (unpaired) electrons. The van der Waals surface area contributed by atoms with Crippen molar-refractivity contribution in [2.75, 3.05) is 6.61 Å². The second-order valence-corrected chi connectivity index (χ2v) is 8.82. The van der Waals surface area contributed by atoms with Crippen LogP contribution in [0.3, 0.4) is 0 Å². The molecular weight excluding hydrogens is 435 g/mol. The molecule has 0 spiro atoms. The van der Waals surface area contributed by atoms with Crippen LogP contribution in [-0.2, 0) is 16.1 Å². The Morgan fingerprint density at radius 3 is 2.55 bits per heavy atom. The summed E-state index contributed by atoms with van der Waals surface area (Å²) in [4.78, 5) is 27.6. The molecule has 7 heteroatoms. The quantitative estimate of drug-likeness (QED) is 0.589. The highest BCUT2D eigenvalue weighted by atomic mass is 35.5. The smallest absolute Gasteiger partial charge is 0.261 e. The number of halogens is 2. The molecule has 1 unspecified atom stereocenters. The zero-order valence-electron chi connectivity index (χ0n) is 17.9. The summed E-state index contributed by atoms with van der Waals surface area (Å²) < 4.78 is 5.75. The topological polar surface area (TPSA) is 58.6 Å². The predicted molar refractivity (Wildman–Crippen MR) is 124 cm³/mol. The van der Waals surface area contributed by atoms with E-state index in [4.69, 9.17) is 27.9 Å². The van der Waals surface area contributed by atoms with Gasteiger partial charge in [0.1, 0.15) is 11.8 Å². The summed E-state index contributed by atoms with van der Waals surface area (Å²) in [5.41, 5.74) is 1.66. The Balaban J connectivity index is 1.75. The number of rotatable bonds is 8. The van der Waals surface area contributed by atoms with Gasteiger partial charge in [0.15, 0.2) is 6.61 Å². The number of hydrogen-bond donors (Lipinski definition) is 1. The van der Waals surface area contributed by atoms with Crippen molar-refractivity contribution in [3.8, 4) is 5.75 Å².